The first-order valence-electron chi connectivity index (χ1n) is 4.88. The Labute approximate surface area is 93.0 Å². The van der Waals surface area contributed by atoms with Crippen molar-refractivity contribution >= 4 is 23.0 Å². The van der Waals surface area contributed by atoms with Crippen LogP contribution in [0.4, 0.5) is 15.8 Å². The van der Waals surface area contributed by atoms with Gasteiger partial charge in [0, 0.05) is 32.2 Å². The van der Waals surface area contributed by atoms with Crippen molar-refractivity contribution in [2.45, 2.75) is 0 Å². The molecule has 0 atom stereocenters. The van der Waals surface area contributed by atoms with E-state index in [4.69, 9.17) is 17.3 Å². The lowest BCUT2D eigenvalue weighted by Crippen LogP contribution is -2.43. The lowest BCUT2D eigenvalue weighted by Gasteiger charge is -2.30. The van der Waals surface area contributed by atoms with Crippen LogP contribution in [0.5, 0.6) is 0 Å². The lowest BCUT2D eigenvalue weighted by atomic mass is 10.2. The summed E-state index contributed by atoms with van der Waals surface area (Å²) in [5.41, 5.74) is 7.03. The van der Waals surface area contributed by atoms with Gasteiger partial charge in [-0.15, -0.1) is 0 Å². The van der Waals surface area contributed by atoms with Gasteiger partial charge in [0.05, 0.1) is 16.4 Å². The van der Waals surface area contributed by atoms with Gasteiger partial charge in [-0.2, -0.15) is 0 Å². The molecule has 3 nitrogen and oxygen atoms in total. The van der Waals surface area contributed by atoms with Gasteiger partial charge in [0.2, 0.25) is 0 Å². The van der Waals surface area contributed by atoms with Crippen molar-refractivity contribution in [3.63, 3.8) is 0 Å². The summed E-state index contributed by atoms with van der Waals surface area (Å²) in [6, 6.07) is 2.87. The van der Waals surface area contributed by atoms with E-state index in [1.54, 1.807) is 6.07 Å². The minimum Gasteiger partial charge on any atom is -0.397 e. The van der Waals surface area contributed by atoms with Crippen molar-refractivity contribution < 1.29 is 4.39 Å². The van der Waals surface area contributed by atoms with Gasteiger partial charge >= 0.3 is 0 Å². The molecule has 3 N–H and O–H groups in total. The van der Waals surface area contributed by atoms with Gasteiger partial charge < -0.3 is 16.0 Å². The molecule has 0 unspecified atom stereocenters. The molecule has 1 heterocycles. The van der Waals surface area contributed by atoms with E-state index in [-0.39, 0.29) is 5.02 Å². The molecule has 2 rings (SSSR count). The molecule has 15 heavy (non-hydrogen) atoms. The molecule has 0 spiro atoms. The maximum atomic E-state index is 13.1. The van der Waals surface area contributed by atoms with E-state index in [1.807, 2.05) is 0 Å². The van der Waals surface area contributed by atoms with Gasteiger partial charge in [-0.25, -0.2) is 4.39 Å². The summed E-state index contributed by atoms with van der Waals surface area (Å²) in [7, 11) is 0. The Morgan fingerprint density at radius 2 is 2.00 bits per heavy atom. The summed E-state index contributed by atoms with van der Waals surface area (Å²) in [6.45, 7) is 3.56. The number of nitrogens with one attached hydrogen (secondary N) is 1. The number of nitrogens with zero attached hydrogens (tertiary/aromatic N) is 1. The van der Waals surface area contributed by atoms with E-state index >= 15 is 0 Å². The number of rotatable bonds is 1. The number of nitrogens with two attached hydrogens (primary N) is 1. The highest BCUT2D eigenvalue weighted by Gasteiger charge is 2.15. The predicted octanol–water partition coefficient (Wildman–Crippen LogP) is 1.47. The highest BCUT2D eigenvalue weighted by Crippen LogP contribution is 2.29. The number of piperazine rings is 1. The van der Waals surface area contributed by atoms with Crippen molar-refractivity contribution in [3.8, 4) is 0 Å². The van der Waals surface area contributed by atoms with Gasteiger partial charge in [0.25, 0.3) is 0 Å². The van der Waals surface area contributed by atoms with Crippen molar-refractivity contribution in [2.75, 3.05) is 36.8 Å². The van der Waals surface area contributed by atoms with Gasteiger partial charge in [0.1, 0.15) is 5.82 Å². The molecule has 0 amide bonds. The Hall–Kier alpha value is -1.00. The summed E-state index contributed by atoms with van der Waals surface area (Å²) >= 11 is 5.73. The molecule has 0 radical (unpaired) electrons. The van der Waals surface area contributed by atoms with E-state index in [0.717, 1.165) is 31.9 Å². The number of benzene rings is 1. The Bertz CT molecular complexity index is 364. The zero-order valence-electron chi connectivity index (χ0n) is 8.26. The van der Waals surface area contributed by atoms with Gasteiger partial charge in [0.15, 0.2) is 0 Å². The summed E-state index contributed by atoms with van der Waals surface area (Å²) in [6.07, 6.45) is 0. The smallest absolute Gasteiger partial charge is 0.143 e. The summed E-state index contributed by atoms with van der Waals surface area (Å²) in [5.74, 6) is -0.465. The minimum absolute atomic E-state index is 0.123. The molecular formula is C10H13ClFN3. The maximum Gasteiger partial charge on any atom is 0.143 e. The fourth-order valence-electron chi connectivity index (χ4n) is 1.73. The van der Waals surface area contributed by atoms with Crippen molar-refractivity contribution in [1.82, 2.24) is 5.32 Å². The molecule has 1 fully saturated rings. The van der Waals surface area contributed by atoms with Crippen LogP contribution in [0.15, 0.2) is 12.1 Å². The average Bonchev–Trinajstić information content (AvgIpc) is 2.25. The molecular weight excluding hydrogens is 217 g/mol. The Morgan fingerprint density at radius 3 is 2.67 bits per heavy atom. The quantitative estimate of drug-likeness (QED) is 0.717. The zero-order chi connectivity index (χ0) is 10.8. The van der Waals surface area contributed by atoms with Crippen molar-refractivity contribution in [1.29, 1.82) is 0 Å². The van der Waals surface area contributed by atoms with Crippen LogP contribution in [0.25, 0.3) is 0 Å². The molecule has 0 aliphatic carbocycles. The lowest BCUT2D eigenvalue weighted by molar-refractivity contribution is 0.588. The molecule has 1 aliphatic heterocycles. The molecule has 1 saturated heterocycles. The first-order valence-corrected chi connectivity index (χ1v) is 5.26. The SMILES string of the molecule is Nc1cc(F)c(Cl)cc1N1CCNCC1. The van der Waals surface area contributed by atoms with Crippen LogP contribution in [0, 0.1) is 5.82 Å². The van der Waals surface area contributed by atoms with Crippen LogP contribution in [0.1, 0.15) is 0 Å². The van der Waals surface area contributed by atoms with E-state index in [9.17, 15) is 4.39 Å². The molecule has 0 bridgehead atoms. The molecule has 1 aliphatic rings. The summed E-state index contributed by atoms with van der Waals surface area (Å²) < 4.78 is 13.1. The Balaban J connectivity index is 2.30. The van der Waals surface area contributed by atoms with Crippen LogP contribution in [-0.2, 0) is 0 Å². The number of halogens is 2. The zero-order valence-corrected chi connectivity index (χ0v) is 9.02. The Kier molecular flexibility index (Phi) is 2.98. The van der Waals surface area contributed by atoms with Crippen molar-refractivity contribution in [3.05, 3.63) is 23.0 Å². The summed E-state index contributed by atoms with van der Waals surface area (Å²) in [4.78, 5) is 2.11. The van der Waals surface area contributed by atoms with Crippen LogP contribution < -0.4 is 16.0 Å². The number of nitrogen functional groups attached to an aromatic ring is 1. The van der Waals surface area contributed by atoms with Crippen molar-refractivity contribution in [2.24, 2.45) is 0 Å². The molecule has 0 saturated carbocycles. The second-order valence-corrected chi connectivity index (χ2v) is 3.97. The van der Waals surface area contributed by atoms with Gasteiger partial charge in [-0.05, 0) is 6.07 Å². The fraction of sp³-hybridized carbons (Fsp3) is 0.400. The largest absolute Gasteiger partial charge is 0.397 e. The second kappa shape index (κ2) is 4.24. The second-order valence-electron chi connectivity index (χ2n) is 3.56. The topological polar surface area (TPSA) is 41.3 Å². The highest BCUT2D eigenvalue weighted by molar-refractivity contribution is 6.31. The summed E-state index contributed by atoms with van der Waals surface area (Å²) in [5, 5.41) is 3.36. The third-order valence-electron chi connectivity index (χ3n) is 2.53. The third kappa shape index (κ3) is 2.16. The highest BCUT2D eigenvalue weighted by atomic mass is 35.5. The number of anilines is 2. The minimum atomic E-state index is -0.465. The normalized spacial score (nSPS) is 16.8. The molecule has 82 valence electrons. The van der Waals surface area contributed by atoms with E-state index in [2.05, 4.69) is 10.2 Å². The molecule has 1 aromatic rings. The molecule has 5 heteroatoms. The number of hydrogen-bond acceptors (Lipinski definition) is 3. The van der Waals surface area contributed by atoms with E-state index in [1.165, 1.54) is 6.07 Å². The van der Waals surface area contributed by atoms with Gasteiger partial charge in [-0.1, -0.05) is 11.6 Å². The standard InChI is InChI=1S/C10H13ClFN3/c11-7-5-10(9(13)6-8(7)12)15-3-1-14-2-4-15/h5-6,14H,1-4,13H2. The Morgan fingerprint density at radius 1 is 1.33 bits per heavy atom. The number of hydrogen-bond donors (Lipinski definition) is 2. The van der Waals surface area contributed by atoms with Crippen LogP contribution in [-0.4, -0.2) is 26.2 Å². The predicted molar refractivity (Wildman–Crippen MR) is 60.9 cm³/mol. The molecule has 1 aromatic carbocycles. The van der Waals surface area contributed by atoms with Gasteiger partial charge in [-0.3, -0.25) is 0 Å². The monoisotopic (exact) mass is 229 g/mol. The maximum absolute atomic E-state index is 13.1. The third-order valence-corrected chi connectivity index (χ3v) is 2.82. The van der Waals surface area contributed by atoms with Crippen LogP contribution in [0.3, 0.4) is 0 Å². The van der Waals surface area contributed by atoms with Crippen LogP contribution in [0.2, 0.25) is 5.02 Å². The van der Waals surface area contributed by atoms with E-state index in [0.29, 0.717) is 5.69 Å². The van der Waals surface area contributed by atoms with E-state index < -0.39 is 5.82 Å². The average molecular weight is 230 g/mol. The first kappa shape index (κ1) is 10.5. The molecule has 0 aromatic heterocycles. The van der Waals surface area contributed by atoms with Crippen LogP contribution >= 0.6 is 11.6 Å². The first-order chi connectivity index (χ1) is 7.18. The fourth-order valence-corrected chi connectivity index (χ4v) is 1.89.